The van der Waals surface area contributed by atoms with Crippen LogP contribution >= 0.6 is 11.5 Å². The molecule has 29 heavy (non-hydrogen) atoms. The summed E-state index contributed by atoms with van der Waals surface area (Å²) in [6.07, 6.45) is 0. The highest BCUT2D eigenvalue weighted by Crippen LogP contribution is 2.29. The molecule has 0 bridgehead atoms. The molecule has 0 unspecified atom stereocenters. The average molecular weight is 405 g/mol. The van der Waals surface area contributed by atoms with Gasteiger partial charge in [-0.3, -0.25) is 0 Å². The fourth-order valence-electron chi connectivity index (χ4n) is 3.05. The quantitative estimate of drug-likeness (QED) is 0.466. The van der Waals surface area contributed by atoms with E-state index in [1.165, 1.54) is 18.6 Å². The zero-order valence-corrected chi connectivity index (χ0v) is 16.8. The Morgan fingerprint density at radius 3 is 2.66 bits per heavy atom. The van der Waals surface area contributed by atoms with E-state index in [-0.39, 0.29) is 5.97 Å². The van der Waals surface area contributed by atoms with Crippen molar-refractivity contribution < 1.29 is 14.3 Å². The number of hydrogen-bond donors (Lipinski definition) is 1. The predicted octanol–water partition coefficient (Wildman–Crippen LogP) is 4.77. The first-order valence-corrected chi connectivity index (χ1v) is 9.77. The molecule has 4 rings (SSSR count). The summed E-state index contributed by atoms with van der Waals surface area (Å²) in [4.78, 5) is 16.4. The average Bonchev–Trinajstić information content (AvgIpc) is 3.25. The third kappa shape index (κ3) is 4.05. The van der Waals surface area contributed by atoms with Crippen LogP contribution in [0.5, 0.6) is 5.75 Å². The number of benzene rings is 3. The van der Waals surface area contributed by atoms with E-state index < -0.39 is 0 Å². The van der Waals surface area contributed by atoms with Gasteiger partial charge in [0.1, 0.15) is 5.75 Å². The van der Waals surface area contributed by atoms with Crippen LogP contribution in [0.15, 0.2) is 60.7 Å². The fourth-order valence-corrected chi connectivity index (χ4v) is 3.63. The van der Waals surface area contributed by atoms with Crippen molar-refractivity contribution in [3.63, 3.8) is 0 Å². The Labute approximate surface area is 172 Å². The minimum atomic E-state index is -0.353. The lowest BCUT2D eigenvalue weighted by Gasteiger charge is -2.06. The summed E-state index contributed by atoms with van der Waals surface area (Å²) >= 11 is 1.32. The smallest absolute Gasteiger partial charge is 0.337 e. The van der Waals surface area contributed by atoms with Gasteiger partial charge in [-0.15, -0.1) is 0 Å². The van der Waals surface area contributed by atoms with Crippen molar-refractivity contribution in [3.05, 3.63) is 71.8 Å². The Morgan fingerprint density at radius 1 is 1.07 bits per heavy atom. The monoisotopic (exact) mass is 405 g/mol. The number of anilines is 1. The van der Waals surface area contributed by atoms with Gasteiger partial charge in [-0.1, -0.05) is 36.4 Å². The zero-order chi connectivity index (χ0) is 20.2. The Kier molecular flexibility index (Phi) is 5.39. The van der Waals surface area contributed by atoms with E-state index in [0.717, 1.165) is 32.8 Å². The summed E-state index contributed by atoms with van der Waals surface area (Å²) in [6, 6.07) is 19.2. The maximum atomic E-state index is 11.8. The molecule has 0 amide bonds. The van der Waals surface area contributed by atoms with Crippen LogP contribution in [0.2, 0.25) is 0 Å². The van der Waals surface area contributed by atoms with Gasteiger partial charge in [0.05, 0.1) is 19.8 Å². The summed E-state index contributed by atoms with van der Waals surface area (Å²) in [5.41, 5.74) is 2.57. The van der Waals surface area contributed by atoms with E-state index in [0.29, 0.717) is 17.9 Å². The van der Waals surface area contributed by atoms with Crippen molar-refractivity contribution in [2.24, 2.45) is 0 Å². The number of carbonyl (C=O) groups excluding carboxylic acids is 1. The predicted molar refractivity (Wildman–Crippen MR) is 115 cm³/mol. The molecule has 0 saturated carbocycles. The van der Waals surface area contributed by atoms with Crippen LogP contribution in [0.1, 0.15) is 15.9 Å². The molecule has 0 aliphatic carbocycles. The number of ether oxygens (including phenoxy) is 2. The first-order valence-electron chi connectivity index (χ1n) is 9.00. The van der Waals surface area contributed by atoms with Crippen molar-refractivity contribution in [2.75, 3.05) is 19.5 Å². The van der Waals surface area contributed by atoms with Gasteiger partial charge >= 0.3 is 5.97 Å². The summed E-state index contributed by atoms with van der Waals surface area (Å²) in [6.45, 7) is 0.649. The van der Waals surface area contributed by atoms with Gasteiger partial charge in [-0.25, -0.2) is 4.79 Å². The second-order valence-electron chi connectivity index (χ2n) is 6.36. The summed E-state index contributed by atoms with van der Waals surface area (Å²) in [7, 11) is 3.03. The third-order valence-electron chi connectivity index (χ3n) is 4.57. The molecule has 0 radical (unpaired) electrons. The number of nitrogens with zero attached hydrogens (tertiary/aromatic N) is 2. The Balaban J connectivity index is 1.55. The number of fused-ring (bicyclic) bond motifs is 1. The Hall–Kier alpha value is -3.45. The molecule has 0 saturated heterocycles. The number of methoxy groups -OCH3 is 2. The van der Waals surface area contributed by atoms with Crippen LogP contribution in [0.4, 0.5) is 5.13 Å². The highest BCUT2D eigenvalue weighted by molar-refractivity contribution is 7.09. The van der Waals surface area contributed by atoms with Crippen LogP contribution in [-0.4, -0.2) is 29.5 Å². The lowest BCUT2D eigenvalue weighted by Crippen LogP contribution is -2.00. The first kappa shape index (κ1) is 18.9. The summed E-state index contributed by atoms with van der Waals surface area (Å²) in [5.74, 6) is 1.14. The lowest BCUT2D eigenvalue weighted by molar-refractivity contribution is 0.0601. The maximum absolute atomic E-state index is 11.8. The molecule has 1 heterocycles. The lowest BCUT2D eigenvalue weighted by atomic mass is 10.0. The number of carbonyl (C=O) groups is 1. The molecule has 146 valence electrons. The van der Waals surface area contributed by atoms with Crippen LogP contribution in [0, 0.1) is 0 Å². The van der Waals surface area contributed by atoms with Crippen LogP contribution < -0.4 is 10.1 Å². The van der Waals surface area contributed by atoms with E-state index in [4.69, 9.17) is 9.47 Å². The molecule has 7 heteroatoms. The Bertz CT molecular complexity index is 1160. The zero-order valence-electron chi connectivity index (χ0n) is 16.0. The van der Waals surface area contributed by atoms with Crippen LogP contribution in [0.25, 0.3) is 22.2 Å². The largest absolute Gasteiger partial charge is 0.497 e. The molecule has 3 aromatic carbocycles. The molecule has 6 nitrogen and oxygen atoms in total. The Morgan fingerprint density at radius 2 is 1.90 bits per heavy atom. The van der Waals surface area contributed by atoms with E-state index in [1.807, 2.05) is 54.6 Å². The molecular weight excluding hydrogens is 386 g/mol. The molecule has 4 aromatic rings. The van der Waals surface area contributed by atoms with Crippen LogP contribution in [0.3, 0.4) is 0 Å². The van der Waals surface area contributed by atoms with Gasteiger partial charge in [0.25, 0.3) is 0 Å². The number of hydrogen-bond acceptors (Lipinski definition) is 7. The topological polar surface area (TPSA) is 73.3 Å². The molecule has 0 aliphatic rings. The minimum absolute atomic E-state index is 0.353. The summed E-state index contributed by atoms with van der Waals surface area (Å²) < 4.78 is 14.5. The molecule has 1 N–H and O–H groups in total. The number of aromatic nitrogens is 2. The van der Waals surface area contributed by atoms with E-state index in [2.05, 4.69) is 14.7 Å². The number of esters is 1. The standard InChI is InChI=1S/C22H19N3O3S/c1-27-17-9-6-14(7-10-17)13-23-22-24-20(25-29-22)19-5-3-4-15-12-16(21(26)28-2)8-11-18(15)19/h3-12H,13H2,1-2H3,(H,23,24,25). The van der Waals surface area contributed by atoms with E-state index >= 15 is 0 Å². The van der Waals surface area contributed by atoms with Crippen molar-refractivity contribution in [1.82, 2.24) is 9.36 Å². The number of rotatable bonds is 6. The second-order valence-corrected chi connectivity index (χ2v) is 7.11. The molecule has 0 atom stereocenters. The highest BCUT2D eigenvalue weighted by Gasteiger charge is 2.12. The van der Waals surface area contributed by atoms with Gasteiger partial charge in [0.2, 0.25) is 5.13 Å². The molecule has 0 spiro atoms. The number of nitrogens with one attached hydrogen (secondary N) is 1. The van der Waals surface area contributed by atoms with Gasteiger partial charge in [0, 0.05) is 23.6 Å². The normalized spacial score (nSPS) is 10.7. The van der Waals surface area contributed by atoms with Crippen molar-refractivity contribution in [2.45, 2.75) is 6.54 Å². The second kappa shape index (κ2) is 8.28. The van der Waals surface area contributed by atoms with E-state index in [1.54, 1.807) is 13.2 Å². The molecule has 1 aromatic heterocycles. The van der Waals surface area contributed by atoms with Gasteiger partial charge in [0.15, 0.2) is 5.82 Å². The van der Waals surface area contributed by atoms with Gasteiger partial charge in [-0.2, -0.15) is 9.36 Å². The van der Waals surface area contributed by atoms with E-state index in [9.17, 15) is 4.79 Å². The SMILES string of the molecule is COC(=O)c1ccc2c(-c3nsc(NCc4ccc(OC)cc4)n3)cccc2c1. The van der Waals surface area contributed by atoms with Gasteiger partial charge < -0.3 is 14.8 Å². The fraction of sp³-hybridized carbons (Fsp3) is 0.136. The van der Waals surface area contributed by atoms with Gasteiger partial charge in [-0.05, 0) is 40.6 Å². The van der Waals surface area contributed by atoms with Crippen molar-refractivity contribution in [1.29, 1.82) is 0 Å². The molecular formula is C22H19N3O3S. The van der Waals surface area contributed by atoms with Crippen LogP contribution in [-0.2, 0) is 11.3 Å². The van der Waals surface area contributed by atoms with Crippen molar-refractivity contribution in [3.8, 4) is 17.1 Å². The maximum Gasteiger partial charge on any atom is 0.337 e. The first-order chi connectivity index (χ1) is 14.2. The third-order valence-corrected chi connectivity index (χ3v) is 5.24. The summed E-state index contributed by atoms with van der Waals surface area (Å²) in [5, 5.41) is 5.98. The van der Waals surface area contributed by atoms with Crippen molar-refractivity contribution >= 4 is 33.4 Å². The molecule has 0 aliphatic heterocycles. The highest BCUT2D eigenvalue weighted by atomic mass is 32.1. The molecule has 0 fully saturated rings. The minimum Gasteiger partial charge on any atom is -0.497 e.